The number of methoxy groups -OCH3 is 2. The van der Waals surface area contributed by atoms with Gasteiger partial charge in [0.05, 0.1) is 25.5 Å². The second-order valence-electron chi connectivity index (χ2n) is 7.81. The molecule has 4 aromatic rings. The Hall–Kier alpha value is -3.31. The van der Waals surface area contributed by atoms with Crippen LogP contribution in [0.25, 0.3) is 22.2 Å². The fourth-order valence-electron chi connectivity index (χ4n) is 4.05. The zero-order chi connectivity index (χ0) is 22.0. The lowest BCUT2D eigenvalue weighted by Crippen LogP contribution is -2.18. The van der Waals surface area contributed by atoms with Crippen molar-refractivity contribution >= 4 is 10.8 Å². The van der Waals surface area contributed by atoms with Crippen LogP contribution in [0.5, 0.6) is 11.5 Å². The number of oxazole rings is 1. The molecule has 1 aromatic heterocycles. The first kappa shape index (κ1) is 20.9. The third-order valence-electron chi connectivity index (χ3n) is 5.64. The van der Waals surface area contributed by atoms with Crippen LogP contribution in [0.1, 0.15) is 22.6 Å². The number of fused-ring (bicyclic) bond motifs is 1. The average molecular weight is 417 g/mol. The van der Waals surface area contributed by atoms with E-state index < -0.39 is 0 Å². The molecule has 5 nitrogen and oxygen atoms in total. The van der Waals surface area contributed by atoms with Crippen molar-refractivity contribution in [2.24, 2.45) is 0 Å². The minimum absolute atomic E-state index is 0.564. The minimum Gasteiger partial charge on any atom is -0.496 e. The number of benzene rings is 3. The molecular weight excluding hydrogens is 388 g/mol. The molecule has 0 N–H and O–H groups in total. The molecule has 3 aromatic carbocycles. The normalized spacial score (nSPS) is 11.3. The summed E-state index contributed by atoms with van der Waals surface area (Å²) in [5.74, 6) is 2.87. The first-order chi connectivity index (χ1) is 15.0. The molecule has 0 bridgehead atoms. The third kappa shape index (κ3) is 4.14. The van der Waals surface area contributed by atoms with Gasteiger partial charge in [0.1, 0.15) is 17.3 Å². The molecule has 0 saturated heterocycles. The van der Waals surface area contributed by atoms with Crippen LogP contribution in [0.4, 0.5) is 0 Å². The molecule has 0 fully saturated rings. The highest BCUT2D eigenvalue weighted by Gasteiger charge is 2.19. The topological polar surface area (TPSA) is 47.7 Å². The summed E-state index contributed by atoms with van der Waals surface area (Å²) in [5, 5.41) is 2.54. The highest BCUT2D eigenvalue weighted by atomic mass is 16.5. The van der Waals surface area contributed by atoms with E-state index in [1.54, 1.807) is 14.2 Å². The number of ether oxygens (including phenoxy) is 2. The van der Waals surface area contributed by atoms with Crippen molar-refractivity contribution < 1.29 is 13.9 Å². The molecular formula is C26H28N2O3. The van der Waals surface area contributed by atoms with E-state index in [1.165, 1.54) is 16.3 Å². The van der Waals surface area contributed by atoms with Gasteiger partial charge in [-0.1, -0.05) is 42.5 Å². The molecule has 0 aliphatic rings. The molecule has 4 rings (SSSR count). The van der Waals surface area contributed by atoms with Gasteiger partial charge in [0.2, 0.25) is 5.89 Å². The van der Waals surface area contributed by atoms with Crippen molar-refractivity contribution in [3.63, 3.8) is 0 Å². The predicted octanol–water partition coefficient (Wildman–Crippen LogP) is 5.76. The van der Waals surface area contributed by atoms with Gasteiger partial charge in [-0.2, -0.15) is 0 Å². The number of hydrogen-bond donors (Lipinski definition) is 0. The van der Waals surface area contributed by atoms with Crippen molar-refractivity contribution in [3.05, 3.63) is 77.2 Å². The lowest BCUT2D eigenvalue weighted by molar-refractivity contribution is 0.314. The molecule has 0 atom stereocenters. The number of nitrogens with zero attached hydrogens (tertiary/aromatic N) is 2. The Morgan fingerprint density at radius 3 is 2.45 bits per heavy atom. The Morgan fingerprint density at radius 1 is 0.903 bits per heavy atom. The van der Waals surface area contributed by atoms with Crippen LogP contribution >= 0.6 is 0 Å². The third-order valence-corrected chi connectivity index (χ3v) is 5.64. The fraction of sp³-hybridized carbons (Fsp3) is 0.269. The zero-order valence-electron chi connectivity index (χ0n) is 18.7. The lowest BCUT2D eigenvalue weighted by atomic mass is 10.0. The van der Waals surface area contributed by atoms with Gasteiger partial charge >= 0.3 is 0 Å². The Morgan fingerprint density at radius 2 is 1.68 bits per heavy atom. The van der Waals surface area contributed by atoms with E-state index in [1.807, 2.05) is 26.0 Å². The molecule has 0 aliphatic carbocycles. The summed E-state index contributed by atoms with van der Waals surface area (Å²) in [6.45, 7) is 5.44. The molecule has 0 aliphatic heterocycles. The SMILES string of the molecule is COc1ccc(-c2nc(CN(C)Cc3cccc4ccccc34)c(C)o2)c(OC)c1C. The molecule has 0 saturated carbocycles. The van der Waals surface area contributed by atoms with Crippen molar-refractivity contribution in [2.45, 2.75) is 26.9 Å². The highest BCUT2D eigenvalue weighted by Crippen LogP contribution is 2.38. The Balaban J connectivity index is 1.58. The standard InChI is InChI=1S/C26H28N2O3/c1-17-24(29-4)14-13-22(25(17)30-5)26-27-23(18(2)31-26)16-28(3)15-20-11-8-10-19-9-6-7-12-21(19)20/h6-14H,15-16H2,1-5H3. The van der Waals surface area contributed by atoms with E-state index >= 15 is 0 Å². The predicted molar refractivity (Wildman–Crippen MR) is 124 cm³/mol. The van der Waals surface area contributed by atoms with E-state index in [4.69, 9.17) is 18.9 Å². The van der Waals surface area contributed by atoms with E-state index in [9.17, 15) is 0 Å². The average Bonchev–Trinajstić information content (AvgIpc) is 3.13. The number of aryl methyl sites for hydroxylation is 1. The number of hydrogen-bond acceptors (Lipinski definition) is 5. The smallest absolute Gasteiger partial charge is 0.230 e. The van der Waals surface area contributed by atoms with Crippen molar-refractivity contribution in [1.82, 2.24) is 9.88 Å². The van der Waals surface area contributed by atoms with Crippen molar-refractivity contribution in [2.75, 3.05) is 21.3 Å². The molecule has 5 heteroatoms. The quantitative estimate of drug-likeness (QED) is 0.383. The fourth-order valence-corrected chi connectivity index (χ4v) is 4.05. The van der Waals surface area contributed by atoms with Gasteiger partial charge < -0.3 is 13.9 Å². The second-order valence-corrected chi connectivity index (χ2v) is 7.81. The van der Waals surface area contributed by atoms with E-state index in [0.29, 0.717) is 12.4 Å². The first-order valence-electron chi connectivity index (χ1n) is 10.3. The van der Waals surface area contributed by atoms with Crippen LogP contribution in [0, 0.1) is 13.8 Å². The largest absolute Gasteiger partial charge is 0.496 e. The molecule has 160 valence electrons. The van der Waals surface area contributed by atoms with Gasteiger partial charge in [-0.05, 0) is 49.4 Å². The second kappa shape index (κ2) is 8.82. The molecule has 0 unspecified atom stereocenters. The Kier molecular flexibility index (Phi) is 5.96. The van der Waals surface area contributed by atoms with E-state index in [-0.39, 0.29) is 0 Å². The van der Waals surface area contributed by atoms with Gasteiger partial charge in [-0.15, -0.1) is 0 Å². The van der Waals surface area contributed by atoms with Gasteiger partial charge in [-0.25, -0.2) is 4.98 Å². The molecule has 0 spiro atoms. The maximum Gasteiger partial charge on any atom is 0.230 e. The molecule has 0 amide bonds. The van der Waals surface area contributed by atoms with Crippen LogP contribution < -0.4 is 9.47 Å². The van der Waals surface area contributed by atoms with Gasteiger partial charge in [0, 0.05) is 18.7 Å². The van der Waals surface area contributed by atoms with Crippen molar-refractivity contribution in [1.29, 1.82) is 0 Å². The Bertz CT molecular complexity index is 1210. The number of rotatable bonds is 7. The minimum atomic E-state index is 0.564. The van der Waals surface area contributed by atoms with Crippen molar-refractivity contribution in [3.8, 4) is 23.0 Å². The van der Waals surface area contributed by atoms with Gasteiger partial charge in [0.25, 0.3) is 0 Å². The highest BCUT2D eigenvalue weighted by molar-refractivity contribution is 5.85. The van der Waals surface area contributed by atoms with Gasteiger partial charge in [-0.3, -0.25) is 4.90 Å². The molecule has 0 radical (unpaired) electrons. The van der Waals surface area contributed by atoms with Crippen LogP contribution in [-0.2, 0) is 13.1 Å². The van der Waals surface area contributed by atoms with E-state index in [2.05, 4.69) is 54.4 Å². The van der Waals surface area contributed by atoms with Crippen LogP contribution in [0.15, 0.2) is 59.0 Å². The summed E-state index contributed by atoms with van der Waals surface area (Å²) in [6, 6.07) is 18.8. The number of aromatic nitrogens is 1. The zero-order valence-corrected chi connectivity index (χ0v) is 18.7. The molecule has 1 heterocycles. The van der Waals surface area contributed by atoms with Crippen LogP contribution in [0.2, 0.25) is 0 Å². The molecule has 31 heavy (non-hydrogen) atoms. The summed E-state index contributed by atoms with van der Waals surface area (Å²) in [4.78, 5) is 7.06. The Labute approximate surface area is 183 Å². The van der Waals surface area contributed by atoms with Crippen LogP contribution in [-0.4, -0.2) is 31.2 Å². The first-order valence-corrected chi connectivity index (χ1v) is 10.3. The van der Waals surface area contributed by atoms with Gasteiger partial charge in [0.15, 0.2) is 0 Å². The maximum atomic E-state index is 6.03. The monoisotopic (exact) mass is 416 g/mol. The summed E-state index contributed by atoms with van der Waals surface area (Å²) in [5.41, 5.74) is 3.97. The summed E-state index contributed by atoms with van der Waals surface area (Å²) < 4.78 is 17.1. The summed E-state index contributed by atoms with van der Waals surface area (Å²) in [6.07, 6.45) is 0. The maximum absolute atomic E-state index is 6.03. The van der Waals surface area contributed by atoms with Crippen LogP contribution in [0.3, 0.4) is 0 Å². The van der Waals surface area contributed by atoms with E-state index in [0.717, 1.165) is 40.6 Å². The lowest BCUT2D eigenvalue weighted by Gasteiger charge is -2.17. The summed E-state index contributed by atoms with van der Waals surface area (Å²) >= 11 is 0. The summed E-state index contributed by atoms with van der Waals surface area (Å²) in [7, 11) is 5.41.